The summed E-state index contributed by atoms with van der Waals surface area (Å²) in [4.78, 5) is 14.5. The van der Waals surface area contributed by atoms with Crippen LogP contribution in [-0.2, 0) is 16.4 Å². The monoisotopic (exact) mass is 255 g/mol. The number of aromatic nitrogens is 1. The SMILES string of the molecule is COOCc1sc(-c2ccccc2)nc1Cl. The Bertz CT molecular complexity index is 458. The van der Waals surface area contributed by atoms with E-state index in [9.17, 15) is 0 Å². The zero-order valence-electron chi connectivity index (χ0n) is 8.64. The van der Waals surface area contributed by atoms with Gasteiger partial charge in [0.2, 0.25) is 0 Å². The Hall–Kier alpha value is -0.940. The van der Waals surface area contributed by atoms with Crippen molar-refractivity contribution in [3.8, 4) is 10.6 Å². The maximum absolute atomic E-state index is 5.99. The minimum Gasteiger partial charge on any atom is -0.240 e. The molecule has 0 fully saturated rings. The molecule has 3 nitrogen and oxygen atoms in total. The molecule has 16 heavy (non-hydrogen) atoms. The molecule has 0 aliphatic heterocycles. The van der Waals surface area contributed by atoms with Crippen molar-refractivity contribution in [1.82, 2.24) is 4.98 Å². The Labute approximate surface area is 103 Å². The van der Waals surface area contributed by atoms with Gasteiger partial charge >= 0.3 is 0 Å². The van der Waals surface area contributed by atoms with E-state index in [1.165, 1.54) is 18.4 Å². The van der Waals surface area contributed by atoms with Gasteiger partial charge < -0.3 is 0 Å². The molecule has 0 amide bonds. The lowest BCUT2D eigenvalue weighted by Crippen LogP contribution is -1.88. The number of rotatable bonds is 4. The number of halogens is 1. The minimum atomic E-state index is 0.319. The van der Waals surface area contributed by atoms with Crippen LogP contribution in [0.3, 0.4) is 0 Å². The highest BCUT2D eigenvalue weighted by atomic mass is 35.5. The Kier molecular flexibility index (Phi) is 3.90. The van der Waals surface area contributed by atoms with Gasteiger partial charge in [-0.3, -0.25) is 0 Å². The van der Waals surface area contributed by atoms with Crippen molar-refractivity contribution in [3.05, 3.63) is 40.4 Å². The molecule has 1 aromatic carbocycles. The van der Waals surface area contributed by atoms with Crippen molar-refractivity contribution in [2.24, 2.45) is 0 Å². The van der Waals surface area contributed by atoms with E-state index in [-0.39, 0.29) is 0 Å². The van der Waals surface area contributed by atoms with E-state index in [0.29, 0.717) is 11.8 Å². The smallest absolute Gasteiger partial charge is 0.146 e. The van der Waals surface area contributed by atoms with Crippen LogP contribution in [0.25, 0.3) is 10.6 Å². The van der Waals surface area contributed by atoms with Crippen molar-refractivity contribution >= 4 is 22.9 Å². The zero-order chi connectivity index (χ0) is 11.4. The first-order valence-corrected chi connectivity index (χ1v) is 5.87. The van der Waals surface area contributed by atoms with Crippen molar-refractivity contribution < 1.29 is 9.78 Å². The van der Waals surface area contributed by atoms with Crippen LogP contribution in [0.2, 0.25) is 5.15 Å². The second-order valence-corrected chi connectivity index (χ2v) is 4.47. The van der Waals surface area contributed by atoms with E-state index in [4.69, 9.17) is 16.5 Å². The van der Waals surface area contributed by atoms with Gasteiger partial charge in [-0.2, -0.15) is 0 Å². The summed E-state index contributed by atoms with van der Waals surface area (Å²) in [5.41, 5.74) is 1.05. The topological polar surface area (TPSA) is 31.4 Å². The maximum atomic E-state index is 5.99. The third-order valence-electron chi connectivity index (χ3n) is 1.98. The first kappa shape index (κ1) is 11.5. The second kappa shape index (κ2) is 5.41. The molecule has 0 unspecified atom stereocenters. The molecule has 0 saturated heterocycles. The fourth-order valence-electron chi connectivity index (χ4n) is 1.24. The third kappa shape index (κ3) is 2.59. The Morgan fingerprint density at radius 1 is 1.31 bits per heavy atom. The Balaban J connectivity index is 2.24. The van der Waals surface area contributed by atoms with Crippen LogP contribution < -0.4 is 0 Å². The number of nitrogens with zero attached hydrogens (tertiary/aromatic N) is 1. The van der Waals surface area contributed by atoms with Crippen molar-refractivity contribution in [2.75, 3.05) is 7.11 Å². The molecule has 0 aliphatic rings. The molecule has 0 radical (unpaired) electrons. The molecule has 84 valence electrons. The zero-order valence-corrected chi connectivity index (χ0v) is 10.2. The summed E-state index contributed by atoms with van der Waals surface area (Å²) in [6, 6.07) is 9.89. The molecule has 0 N–H and O–H groups in total. The standard InChI is InChI=1S/C11H10ClNO2S/c1-14-15-7-9-10(12)13-11(16-9)8-5-3-2-4-6-8/h2-6H,7H2,1H3. The van der Waals surface area contributed by atoms with E-state index in [0.717, 1.165) is 15.4 Å². The fourth-order valence-corrected chi connectivity index (χ4v) is 2.40. The van der Waals surface area contributed by atoms with Crippen LogP contribution >= 0.6 is 22.9 Å². The van der Waals surface area contributed by atoms with Gasteiger partial charge in [0.1, 0.15) is 16.8 Å². The van der Waals surface area contributed by atoms with Gasteiger partial charge in [0.05, 0.1) is 12.0 Å². The maximum Gasteiger partial charge on any atom is 0.146 e. The first-order valence-electron chi connectivity index (χ1n) is 4.67. The van der Waals surface area contributed by atoms with E-state index in [1.807, 2.05) is 30.3 Å². The van der Waals surface area contributed by atoms with Crippen LogP contribution in [0.15, 0.2) is 30.3 Å². The van der Waals surface area contributed by atoms with Crippen LogP contribution in [0.1, 0.15) is 4.88 Å². The number of hydrogen-bond donors (Lipinski definition) is 0. The van der Waals surface area contributed by atoms with E-state index in [1.54, 1.807) is 0 Å². The number of thiazole rings is 1. The lowest BCUT2D eigenvalue weighted by molar-refractivity contribution is -0.281. The fraction of sp³-hybridized carbons (Fsp3) is 0.182. The summed E-state index contributed by atoms with van der Waals surface area (Å²) in [5, 5.41) is 1.36. The Morgan fingerprint density at radius 3 is 2.75 bits per heavy atom. The molecule has 0 aliphatic carbocycles. The van der Waals surface area contributed by atoms with Gasteiger partial charge in [0.15, 0.2) is 0 Å². The molecular weight excluding hydrogens is 246 g/mol. The molecule has 0 saturated carbocycles. The molecule has 0 atom stereocenters. The van der Waals surface area contributed by atoms with Gasteiger partial charge in [0, 0.05) is 5.56 Å². The van der Waals surface area contributed by atoms with Gasteiger partial charge in [-0.1, -0.05) is 41.9 Å². The predicted octanol–water partition coefficient (Wildman–Crippen LogP) is 3.54. The van der Waals surface area contributed by atoms with E-state index >= 15 is 0 Å². The highest BCUT2D eigenvalue weighted by Gasteiger charge is 2.10. The highest BCUT2D eigenvalue weighted by Crippen LogP contribution is 2.31. The molecule has 1 heterocycles. The average Bonchev–Trinajstić information content (AvgIpc) is 2.69. The predicted molar refractivity (Wildman–Crippen MR) is 64.4 cm³/mol. The normalized spacial score (nSPS) is 10.6. The molecular formula is C11H10ClNO2S. The number of hydrogen-bond acceptors (Lipinski definition) is 4. The number of benzene rings is 1. The lowest BCUT2D eigenvalue weighted by atomic mass is 10.2. The largest absolute Gasteiger partial charge is 0.240 e. The highest BCUT2D eigenvalue weighted by molar-refractivity contribution is 7.15. The van der Waals surface area contributed by atoms with Crippen LogP contribution in [0.4, 0.5) is 0 Å². The molecule has 2 aromatic rings. The Morgan fingerprint density at radius 2 is 2.06 bits per heavy atom. The van der Waals surface area contributed by atoms with Crippen LogP contribution in [0.5, 0.6) is 0 Å². The molecule has 2 rings (SSSR count). The van der Waals surface area contributed by atoms with Crippen molar-refractivity contribution in [2.45, 2.75) is 6.61 Å². The van der Waals surface area contributed by atoms with Gasteiger partial charge in [-0.05, 0) is 0 Å². The minimum absolute atomic E-state index is 0.319. The van der Waals surface area contributed by atoms with Crippen LogP contribution in [-0.4, -0.2) is 12.1 Å². The van der Waals surface area contributed by atoms with Crippen molar-refractivity contribution in [3.63, 3.8) is 0 Å². The summed E-state index contributed by atoms with van der Waals surface area (Å²) >= 11 is 7.50. The van der Waals surface area contributed by atoms with E-state index < -0.39 is 0 Å². The second-order valence-electron chi connectivity index (χ2n) is 3.03. The first-order chi connectivity index (χ1) is 7.81. The molecule has 0 spiro atoms. The van der Waals surface area contributed by atoms with Crippen LogP contribution in [0, 0.1) is 0 Å². The summed E-state index contributed by atoms with van der Waals surface area (Å²) in [5.74, 6) is 0. The van der Waals surface area contributed by atoms with Gasteiger partial charge in [-0.25, -0.2) is 14.8 Å². The van der Waals surface area contributed by atoms with Crippen molar-refractivity contribution in [1.29, 1.82) is 0 Å². The molecule has 0 bridgehead atoms. The lowest BCUT2D eigenvalue weighted by Gasteiger charge is -1.95. The summed E-state index contributed by atoms with van der Waals surface area (Å²) < 4.78 is 0. The molecule has 1 aromatic heterocycles. The summed E-state index contributed by atoms with van der Waals surface area (Å²) in [6.07, 6.45) is 0. The van der Waals surface area contributed by atoms with Gasteiger partial charge in [0.25, 0.3) is 0 Å². The quantitative estimate of drug-likeness (QED) is 0.619. The molecule has 5 heteroatoms. The van der Waals surface area contributed by atoms with E-state index in [2.05, 4.69) is 9.87 Å². The summed E-state index contributed by atoms with van der Waals surface area (Å²) in [7, 11) is 1.47. The van der Waals surface area contributed by atoms with Gasteiger partial charge in [-0.15, -0.1) is 11.3 Å². The summed E-state index contributed by atoms with van der Waals surface area (Å²) in [6.45, 7) is 0.319. The average molecular weight is 256 g/mol. The third-order valence-corrected chi connectivity index (χ3v) is 3.48.